The fraction of sp³-hybridized carbons (Fsp3) is 0.545. The van der Waals surface area contributed by atoms with E-state index in [-0.39, 0.29) is 16.2 Å². The molecule has 3 heteroatoms. The maximum absolute atomic E-state index is 2.69. The van der Waals surface area contributed by atoms with Gasteiger partial charge in [0, 0.05) is 70.8 Å². The largest absolute Gasteiger partial charge is 0.344 e. The van der Waals surface area contributed by atoms with Crippen LogP contribution in [0.4, 0.5) is 17.1 Å². The van der Waals surface area contributed by atoms with E-state index in [9.17, 15) is 0 Å². The van der Waals surface area contributed by atoms with Gasteiger partial charge in [-0.1, -0.05) is 174 Å². The van der Waals surface area contributed by atoms with Crippen molar-refractivity contribution in [2.24, 2.45) is 0 Å². The zero-order valence-electron chi connectivity index (χ0n) is 38.2. The third kappa shape index (κ3) is 9.14. The molecule has 3 heterocycles. The van der Waals surface area contributed by atoms with Gasteiger partial charge in [0.25, 0.3) is 0 Å². The number of unbranched alkanes of at least 4 members (excludes halogenated alkanes) is 12. The fourth-order valence-electron chi connectivity index (χ4n) is 10.2. The molecular weight excluding hydrogens is 703 g/mol. The lowest BCUT2D eigenvalue weighted by molar-refractivity contribution is -0.438. The van der Waals surface area contributed by atoms with Crippen LogP contribution in [-0.4, -0.2) is 29.9 Å². The molecule has 3 nitrogen and oxygen atoms in total. The van der Waals surface area contributed by atoms with Gasteiger partial charge in [0.05, 0.1) is 5.41 Å². The number of hydrogen-bond acceptors (Lipinski definition) is 2. The number of nitrogens with zero attached hydrogens (tertiary/aromatic N) is 3. The summed E-state index contributed by atoms with van der Waals surface area (Å²) >= 11 is 0. The maximum atomic E-state index is 2.69. The molecule has 312 valence electrons. The molecule has 3 aromatic carbocycles. The number of benzene rings is 3. The summed E-state index contributed by atoms with van der Waals surface area (Å²) in [5, 5.41) is 0. The lowest BCUT2D eigenvalue weighted by Crippen LogP contribution is -2.30. The van der Waals surface area contributed by atoms with Crippen LogP contribution < -0.4 is 9.80 Å². The summed E-state index contributed by atoms with van der Waals surface area (Å²) < 4.78 is 2.69. The van der Waals surface area contributed by atoms with Gasteiger partial charge in [0.15, 0.2) is 5.71 Å². The van der Waals surface area contributed by atoms with Crippen molar-refractivity contribution < 1.29 is 4.58 Å². The van der Waals surface area contributed by atoms with Gasteiger partial charge in [0.1, 0.15) is 6.54 Å². The zero-order valence-corrected chi connectivity index (χ0v) is 38.2. The topological polar surface area (TPSA) is 9.49 Å². The highest BCUT2D eigenvalue weighted by atomic mass is 15.2. The fourth-order valence-corrected chi connectivity index (χ4v) is 10.2. The normalized spacial score (nSPS) is 19.1. The van der Waals surface area contributed by atoms with Crippen molar-refractivity contribution in [3.63, 3.8) is 0 Å². The van der Waals surface area contributed by atoms with E-state index in [0.717, 1.165) is 19.6 Å². The average molecular weight is 781 g/mol. The summed E-state index contributed by atoms with van der Waals surface area (Å²) in [6, 6.07) is 27.7. The molecule has 0 N–H and O–H groups in total. The van der Waals surface area contributed by atoms with Gasteiger partial charge in [-0.3, -0.25) is 0 Å². The van der Waals surface area contributed by atoms with Crippen LogP contribution >= 0.6 is 0 Å². The van der Waals surface area contributed by atoms with E-state index in [1.54, 1.807) is 0 Å². The van der Waals surface area contributed by atoms with Gasteiger partial charge < -0.3 is 9.80 Å². The summed E-state index contributed by atoms with van der Waals surface area (Å²) in [4.78, 5) is 5.39. The van der Waals surface area contributed by atoms with Gasteiger partial charge in [-0.2, -0.15) is 4.58 Å². The predicted molar refractivity (Wildman–Crippen MR) is 253 cm³/mol. The molecule has 0 radical (unpaired) electrons. The van der Waals surface area contributed by atoms with Crippen molar-refractivity contribution in [3.8, 4) is 0 Å². The van der Waals surface area contributed by atoms with E-state index in [1.807, 2.05) is 0 Å². The Kier molecular flexibility index (Phi) is 14.7. The first-order valence-electron chi connectivity index (χ1n) is 23.6. The van der Waals surface area contributed by atoms with E-state index in [4.69, 9.17) is 0 Å². The molecule has 58 heavy (non-hydrogen) atoms. The summed E-state index contributed by atoms with van der Waals surface area (Å²) in [5.41, 5.74) is 13.7. The van der Waals surface area contributed by atoms with Gasteiger partial charge in [0.2, 0.25) is 5.69 Å². The standard InChI is InChI=1S/C55H78N3/c1-10-13-16-19-28-37-56-47-34-25-22-31-44(47)53(4,5)50(56)40-43(41-51-54(6,7)45-32-23-26-35-48(45)57(51)38-29-20-17-14-11-2)42-52-55(8,9)46-33-24-27-36-49(46)58(52)39-30-21-18-15-12-3/h22-27,31-36,40-42H,10-21,28-30,37-39H2,1-9H3/q+1. The first-order chi connectivity index (χ1) is 28.0. The van der Waals surface area contributed by atoms with Crippen LogP contribution in [0.3, 0.4) is 0 Å². The second-order valence-electron chi connectivity index (χ2n) is 19.2. The Labute approximate surface area is 355 Å². The molecule has 0 saturated carbocycles. The molecule has 0 amide bonds. The third-order valence-electron chi connectivity index (χ3n) is 13.8. The molecule has 0 aromatic heterocycles. The SMILES string of the molecule is CCCCCCCN1C(=CC(=CC2=[N+](CCCCCCC)c3ccccc3C2(C)C)/C=C2\N(CCCCCCC)c3ccccc3C2(C)C)C(C)(C)c2ccccc21. The maximum Gasteiger partial charge on any atom is 0.209 e. The molecule has 0 saturated heterocycles. The zero-order chi connectivity index (χ0) is 41.3. The number of hydrogen-bond donors (Lipinski definition) is 0. The minimum atomic E-state index is -0.123. The van der Waals surface area contributed by atoms with Crippen molar-refractivity contribution in [1.29, 1.82) is 0 Å². The molecule has 0 unspecified atom stereocenters. The molecular formula is C55H78N3+. The second-order valence-corrected chi connectivity index (χ2v) is 19.2. The highest BCUT2D eigenvalue weighted by Gasteiger charge is 2.46. The Morgan fingerprint density at radius 3 is 1.38 bits per heavy atom. The minimum Gasteiger partial charge on any atom is -0.344 e. The predicted octanol–water partition coefficient (Wildman–Crippen LogP) is 15.3. The minimum absolute atomic E-state index is 0.123. The van der Waals surface area contributed by atoms with Crippen molar-refractivity contribution in [1.82, 2.24) is 0 Å². The molecule has 6 rings (SSSR count). The Morgan fingerprint density at radius 1 is 0.483 bits per heavy atom. The summed E-state index contributed by atoms with van der Waals surface area (Å²) in [6.07, 6.45) is 27.1. The molecule has 0 atom stereocenters. The molecule has 0 aliphatic carbocycles. The van der Waals surface area contributed by atoms with Crippen molar-refractivity contribution >= 4 is 22.8 Å². The Morgan fingerprint density at radius 2 is 0.897 bits per heavy atom. The first kappa shape index (κ1) is 43.7. The van der Waals surface area contributed by atoms with Gasteiger partial charge >= 0.3 is 0 Å². The summed E-state index contributed by atoms with van der Waals surface area (Å²) in [5.74, 6) is 0. The van der Waals surface area contributed by atoms with Crippen LogP contribution in [0.5, 0.6) is 0 Å². The molecule has 3 aliphatic heterocycles. The van der Waals surface area contributed by atoms with E-state index in [2.05, 4.69) is 168 Å². The van der Waals surface area contributed by atoms with E-state index in [0.29, 0.717) is 0 Å². The van der Waals surface area contributed by atoms with E-state index < -0.39 is 0 Å². The van der Waals surface area contributed by atoms with Gasteiger partial charge in [-0.05, 0) is 74.1 Å². The molecule has 3 aromatic rings. The number of para-hydroxylation sites is 3. The van der Waals surface area contributed by atoms with Gasteiger partial charge in [-0.15, -0.1) is 0 Å². The quantitative estimate of drug-likeness (QED) is 0.0787. The highest BCUT2D eigenvalue weighted by molar-refractivity contribution is 6.04. The Hall–Kier alpha value is -3.85. The summed E-state index contributed by atoms with van der Waals surface area (Å²) in [7, 11) is 0. The highest BCUT2D eigenvalue weighted by Crippen LogP contribution is 2.51. The Balaban J connectivity index is 1.54. The summed E-state index contributed by atoms with van der Waals surface area (Å²) in [6.45, 7) is 24.9. The smallest absolute Gasteiger partial charge is 0.209 e. The number of fused-ring (bicyclic) bond motifs is 3. The average Bonchev–Trinajstić information content (AvgIpc) is 3.66. The van der Waals surface area contributed by atoms with Crippen molar-refractivity contribution in [3.05, 3.63) is 125 Å². The lowest BCUT2D eigenvalue weighted by atomic mass is 9.79. The van der Waals surface area contributed by atoms with E-state index >= 15 is 0 Å². The van der Waals surface area contributed by atoms with Crippen LogP contribution in [0.25, 0.3) is 0 Å². The first-order valence-corrected chi connectivity index (χ1v) is 23.6. The molecule has 3 aliphatic rings. The number of anilines is 2. The van der Waals surface area contributed by atoms with Crippen LogP contribution in [0.1, 0.15) is 175 Å². The van der Waals surface area contributed by atoms with Gasteiger partial charge in [-0.25, -0.2) is 0 Å². The Bertz CT molecular complexity index is 1870. The molecule has 0 fully saturated rings. The van der Waals surface area contributed by atoms with Crippen LogP contribution in [0.2, 0.25) is 0 Å². The monoisotopic (exact) mass is 781 g/mol. The second kappa shape index (κ2) is 19.5. The molecule has 0 bridgehead atoms. The van der Waals surface area contributed by atoms with E-state index in [1.165, 1.54) is 153 Å². The number of rotatable bonds is 21. The van der Waals surface area contributed by atoms with Crippen LogP contribution in [0.15, 0.2) is 108 Å². The van der Waals surface area contributed by atoms with Crippen LogP contribution in [-0.2, 0) is 16.2 Å². The lowest BCUT2D eigenvalue weighted by Gasteiger charge is -2.29. The van der Waals surface area contributed by atoms with Crippen LogP contribution in [0, 0.1) is 0 Å². The van der Waals surface area contributed by atoms with Crippen molar-refractivity contribution in [2.75, 3.05) is 29.4 Å². The molecule has 0 spiro atoms. The number of allylic oxidation sites excluding steroid dienone is 6. The third-order valence-corrected chi connectivity index (χ3v) is 13.8. The van der Waals surface area contributed by atoms with Crippen molar-refractivity contribution in [2.45, 2.75) is 175 Å².